The molecule has 0 saturated heterocycles. The molecule has 0 spiro atoms. The van der Waals surface area contributed by atoms with Crippen molar-refractivity contribution in [3.63, 3.8) is 0 Å². The van der Waals surface area contributed by atoms with Crippen molar-refractivity contribution >= 4 is 11.7 Å². The lowest BCUT2D eigenvalue weighted by Crippen LogP contribution is -2.33. The molecule has 6 nitrogen and oxygen atoms in total. The zero-order chi connectivity index (χ0) is 15.0. The second-order valence-electron chi connectivity index (χ2n) is 4.92. The fraction of sp³-hybridized carbons (Fsp3) is 0.714. The van der Waals surface area contributed by atoms with Crippen LogP contribution in [-0.2, 0) is 6.42 Å². The smallest absolute Gasteiger partial charge is 0.319 e. The number of hydrogen-bond acceptors (Lipinski definition) is 4. The quantitative estimate of drug-likeness (QED) is 0.684. The normalized spacial score (nSPS) is 12.2. The average molecular weight is 283 g/mol. The van der Waals surface area contributed by atoms with Crippen molar-refractivity contribution in [2.24, 2.45) is 5.92 Å². The lowest BCUT2D eigenvalue weighted by atomic mass is 10.0. The van der Waals surface area contributed by atoms with Crippen LogP contribution in [0.2, 0.25) is 0 Å². The zero-order valence-corrected chi connectivity index (χ0v) is 12.5. The van der Waals surface area contributed by atoms with Crippen molar-refractivity contribution in [2.45, 2.75) is 46.5 Å². The number of aryl methyl sites for hydroxylation is 2. The third-order valence-corrected chi connectivity index (χ3v) is 3.29. The molecule has 3 N–H and O–H groups in total. The second kappa shape index (κ2) is 8.58. The number of anilines is 1. The Labute approximate surface area is 119 Å². The van der Waals surface area contributed by atoms with Gasteiger partial charge in [-0.2, -0.15) is 0 Å². The maximum Gasteiger partial charge on any atom is 0.319 e. The van der Waals surface area contributed by atoms with E-state index < -0.39 is 0 Å². The van der Waals surface area contributed by atoms with Crippen molar-refractivity contribution < 1.29 is 14.4 Å². The van der Waals surface area contributed by atoms with Crippen molar-refractivity contribution in [3.8, 4) is 0 Å². The fourth-order valence-electron chi connectivity index (χ4n) is 2.15. The number of rotatable bonds is 8. The van der Waals surface area contributed by atoms with Gasteiger partial charge in [0.2, 0.25) is 0 Å². The summed E-state index contributed by atoms with van der Waals surface area (Å²) in [5.41, 5.74) is 1.40. The molecule has 0 fully saturated rings. The molecule has 6 heteroatoms. The minimum Gasteiger partial charge on any atom is -0.396 e. The van der Waals surface area contributed by atoms with Crippen LogP contribution in [0.1, 0.15) is 44.6 Å². The molecule has 1 aromatic rings. The largest absolute Gasteiger partial charge is 0.396 e. The SMILES string of the molecule is CCCC(CCO)CNC(=O)Nc1c(CC)noc1C. The van der Waals surface area contributed by atoms with Gasteiger partial charge in [-0.1, -0.05) is 25.4 Å². The molecule has 0 aliphatic rings. The van der Waals surface area contributed by atoms with Crippen LogP contribution in [0.15, 0.2) is 4.52 Å². The number of hydrogen-bond donors (Lipinski definition) is 3. The number of carbonyl (C=O) groups excluding carboxylic acids is 1. The third-order valence-electron chi connectivity index (χ3n) is 3.29. The standard InChI is InChI=1S/C14H25N3O3/c1-4-6-11(7-8-18)9-15-14(19)16-13-10(3)20-17-12(13)5-2/h11,18H,4-9H2,1-3H3,(H2,15,16,19). The summed E-state index contributed by atoms with van der Waals surface area (Å²) < 4.78 is 5.06. The molecule has 0 aliphatic heterocycles. The molecule has 0 radical (unpaired) electrons. The molecular weight excluding hydrogens is 258 g/mol. The number of amides is 2. The summed E-state index contributed by atoms with van der Waals surface area (Å²) in [6, 6.07) is -0.259. The van der Waals surface area contributed by atoms with Gasteiger partial charge >= 0.3 is 6.03 Å². The van der Waals surface area contributed by atoms with Crippen molar-refractivity contribution in [3.05, 3.63) is 11.5 Å². The number of aliphatic hydroxyl groups is 1. The molecule has 1 rings (SSSR count). The lowest BCUT2D eigenvalue weighted by molar-refractivity contribution is 0.236. The summed E-state index contributed by atoms with van der Waals surface area (Å²) in [5.74, 6) is 0.919. The van der Waals surface area contributed by atoms with Gasteiger partial charge in [0.15, 0.2) is 5.76 Å². The summed E-state index contributed by atoms with van der Waals surface area (Å²) in [4.78, 5) is 11.9. The molecule has 1 heterocycles. The highest BCUT2D eigenvalue weighted by atomic mass is 16.5. The first-order valence-corrected chi connectivity index (χ1v) is 7.23. The van der Waals surface area contributed by atoms with Gasteiger partial charge in [0.25, 0.3) is 0 Å². The monoisotopic (exact) mass is 283 g/mol. The van der Waals surface area contributed by atoms with E-state index >= 15 is 0 Å². The maximum atomic E-state index is 11.9. The molecule has 0 aromatic carbocycles. The van der Waals surface area contributed by atoms with E-state index in [1.54, 1.807) is 6.92 Å². The van der Waals surface area contributed by atoms with Crippen LogP contribution < -0.4 is 10.6 Å². The Balaban J connectivity index is 2.48. The molecule has 2 amide bonds. The maximum absolute atomic E-state index is 11.9. The van der Waals surface area contributed by atoms with Crippen LogP contribution in [0, 0.1) is 12.8 Å². The van der Waals surface area contributed by atoms with E-state index in [0.717, 1.165) is 18.5 Å². The van der Waals surface area contributed by atoms with Gasteiger partial charge in [-0.05, 0) is 32.1 Å². The second-order valence-corrected chi connectivity index (χ2v) is 4.92. The Hall–Kier alpha value is -1.56. The Kier molecular flexibility index (Phi) is 7.08. The summed E-state index contributed by atoms with van der Waals surface area (Å²) in [7, 11) is 0. The van der Waals surface area contributed by atoms with E-state index in [1.807, 2.05) is 6.92 Å². The van der Waals surface area contributed by atoms with Gasteiger partial charge in [0.1, 0.15) is 11.4 Å². The van der Waals surface area contributed by atoms with E-state index in [0.29, 0.717) is 36.8 Å². The molecule has 1 atom stereocenters. The van der Waals surface area contributed by atoms with Gasteiger partial charge in [-0.3, -0.25) is 0 Å². The number of carbonyl (C=O) groups is 1. The lowest BCUT2D eigenvalue weighted by Gasteiger charge is -2.16. The first kappa shape index (κ1) is 16.5. The number of aliphatic hydroxyl groups excluding tert-OH is 1. The molecule has 0 bridgehead atoms. The zero-order valence-electron chi connectivity index (χ0n) is 12.5. The van der Waals surface area contributed by atoms with Crippen LogP contribution in [-0.4, -0.2) is 29.4 Å². The molecule has 20 heavy (non-hydrogen) atoms. The third kappa shape index (κ3) is 4.85. The van der Waals surface area contributed by atoms with Crippen LogP contribution >= 0.6 is 0 Å². The minimum atomic E-state index is -0.259. The molecule has 0 aliphatic carbocycles. The molecule has 1 aromatic heterocycles. The van der Waals surface area contributed by atoms with E-state index in [-0.39, 0.29) is 12.6 Å². The summed E-state index contributed by atoms with van der Waals surface area (Å²) >= 11 is 0. The first-order chi connectivity index (χ1) is 9.62. The predicted molar refractivity (Wildman–Crippen MR) is 77.7 cm³/mol. The number of aromatic nitrogens is 1. The van der Waals surface area contributed by atoms with Gasteiger partial charge in [0, 0.05) is 13.2 Å². The molecule has 0 saturated carbocycles. The number of urea groups is 1. The number of nitrogens with one attached hydrogen (secondary N) is 2. The van der Waals surface area contributed by atoms with Crippen molar-refractivity contribution in [2.75, 3.05) is 18.5 Å². The highest BCUT2D eigenvalue weighted by molar-refractivity contribution is 5.90. The van der Waals surface area contributed by atoms with Gasteiger partial charge in [0.05, 0.1) is 0 Å². The molecular formula is C14H25N3O3. The van der Waals surface area contributed by atoms with Crippen LogP contribution in [0.3, 0.4) is 0 Å². The average Bonchev–Trinajstić information content (AvgIpc) is 2.77. The molecule has 1 unspecified atom stereocenters. The topological polar surface area (TPSA) is 87.4 Å². The van der Waals surface area contributed by atoms with Crippen LogP contribution in [0.5, 0.6) is 0 Å². The Morgan fingerprint density at radius 2 is 2.15 bits per heavy atom. The fourth-order valence-corrected chi connectivity index (χ4v) is 2.15. The summed E-state index contributed by atoms with van der Waals surface area (Å²) in [5, 5.41) is 18.5. The van der Waals surface area contributed by atoms with Crippen molar-refractivity contribution in [1.29, 1.82) is 0 Å². The van der Waals surface area contributed by atoms with Crippen molar-refractivity contribution in [1.82, 2.24) is 10.5 Å². The molecule has 114 valence electrons. The van der Waals surface area contributed by atoms with Gasteiger partial charge in [-0.25, -0.2) is 4.79 Å². The van der Waals surface area contributed by atoms with E-state index in [9.17, 15) is 4.79 Å². The van der Waals surface area contributed by atoms with Crippen LogP contribution in [0.4, 0.5) is 10.5 Å². The predicted octanol–water partition coefficient (Wildman–Crippen LogP) is 2.47. The van der Waals surface area contributed by atoms with E-state index in [4.69, 9.17) is 9.63 Å². The van der Waals surface area contributed by atoms with E-state index in [2.05, 4.69) is 22.7 Å². The number of nitrogens with zero attached hydrogens (tertiary/aromatic N) is 1. The van der Waals surface area contributed by atoms with Gasteiger partial charge in [-0.15, -0.1) is 0 Å². The summed E-state index contributed by atoms with van der Waals surface area (Å²) in [6.07, 6.45) is 3.45. The Morgan fingerprint density at radius 3 is 2.75 bits per heavy atom. The minimum absolute atomic E-state index is 0.151. The first-order valence-electron chi connectivity index (χ1n) is 7.23. The van der Waals surface area contributed by atoms with Crippen LogP contribution in [0.25, 0.3) is 0 Å². The van der Waals surface area contributed by atoms with E-state index in [1.165, 1.54) is 0 Å². The highest BCUT2D eigenvalue weighted by Gasteiger charge is 2.15. The summed E-state index contributed by atoms with van der Waals surface area (Å²) in [6.45, 7) is 6.54. The highest BCUT2D eigenvalue weighted by Crippen LogP contribution is 2.20. The van der Waals surface area contributed by atoms with Gasteiger partial charge < -0.3 is 20.3 Å². The Bertz CT molecular complexity index is 412. The Morgan fingerprint density at radius 1 is 1.40 bits per heavy atom.